The molecule has 0 atom stereocenters. The van der Waals surface area contributed by atoms with E-state index in [1.807, 2.05) is 48.1 Å². The van der Waals surface area contributed by atoms with Gasteiger partial charge < -0.3 is 4.57 Å². The van der Waals surface area contributed by atoms with E-state index in [9.17, 15) is 4.79 Å². The van der Waals surface area contributed by atoms with Crippen LogP contribution in [-0.2, 0) is 18.3 Å². The SMILES string of the molecule is Cn1cccc1CC(=O)N/N=C/c1ccccc1Cl. The Bertz CT molecular complexity index is 604. The number of aromatic nitrogens is 1. The van der Waals surface area contributed by atoms with Crippen molar-refractivity contribution in [1.82, 2.24) is 9.99 Å². The van der Waals surface area contributed by atoms with E-state index in [-0.39, 0.29) is 5.91 Å². The van der Waals surface area contributed by atoms with E-state index < -0.39 is 0 Å². The molecule has 2 rings (SSSR count). The number of halogens is 1. The van der Waals surface area contributed by atoms with Crippen LogP contribution in [0.3, 0.4) is 0 Å². The third-order valence-electron chi connectivity index (χ3n) is 2.69. The Morgan fingerprint density at radius 1 is 1.37 bits per heavy atom. The summed E-state index contributed by atoms with van der Waals surface area (Å²) in [5.74, 6) is -0.162. The van der Waals surface area contributed by atoms with Gasteiger partial charge in [-0.1, -0.05) is 29.8 Å². The number of nitrogens with one attached hydrogen (secondary N) is 1. The smallest absolute Gasteiger partial charge is 0.245 e. The van der Waals surface area contributed by atoms with Gasteiger partial charge >= 0.3 is 0 Å². The Morgan fingerprint density at radius 3 is 2.84 bits per heavy atom. The largest absolute Gasteiger partial charge is 0.354 e. The van der Waals surface area contributed by atoms with Crippen molar-refractivity contribution in [2.75, 3.05) is 0 Å². The van der Waals surface area contributed by atoms with Crippen LogP contribution in [0, 0.1) is 0 Å². The first-order valence-corrected chi connectivity index (χ1v) is 6.21. The van der Waals surface area contributed by atoms with Crippen LogP contribution < -0.4 is 5.43 Å². The van der Waals surface area contributed by atoms with Gasteiger partial charge in [0.25, 0.3) is 0 Å². The maximum atomic E-state index is 11.7. The van der Waals surface area contributed by atoms with Gasteiger partial charge in [0.05, 0.1) is 12.6 Å². The summed E-state index contributed by atoms with van der Waals surface area (Å²) >= 11 is 5.97. The zero-order chi connectivity index (χ0) is 13.7. The fourth-order valence-corrected chi connectivity index (χ4v) is 1.82. The number of carbonyl (C=O) groups is 1. The summed E-state index contributed by atoms with van der Waals surface area (Å²) in [6.07, 6.45) is 3.73. The molecule has 1 N–H and O–H groups in total. The highest BCUT2D eigenvalue weighted by atomic mass is 35.5. The highest BCUT2D eigenvalue weighted by Gasteiger charge is 2.04. The number of aryl methyl sites for hydroxylation is 1. The van der Waals surface area contributed by atoms with Gasteiger partial charge in [0.15, 0.2) is 0 Å². The summed E-state index contributed by atoms with van der Waals surface area (Å²) in [6.45, 7) is 0. The predicted octanol–water partition coefficient (Wildman–Crippen LogP) is 2.37. The monoisotopic (exact) mass is 275 g/mol. The molecule has 0 radical (unpaired) electrons. The fraction of sp³-hybridized carbons (Fsp3) is 0.143. The first kappa shape index (κ1) is 13.4. The lowest BCUT2D eigenvalue weighted by atomic mass is 10.2. The second-order valence-corrected chi connectivity index (χ2v) is 4.51. The minimum atomic E-state index is -0.162. The quantitative estimate of drug-likeness (QED) is 0.676. The molecule has 0 spiro atoms. The Kier molecular flexibility index (Phi) is 4.36. The van der Waals surface area contributed by atoms with Crippen molar-refractivity contribution < 1.29 is 4.79 Å². The van der Waals surface area contributed by atoms with E-state index >= 15 is 0 Å². The maximum absolute atomic E-state index is 11.7. The Labute approximate surface area is 116 Å². The molecule has 4 nitrogen and oxygen atoms in total. The molecule has 0 aliphatic heterocycles. The fourth-order valence-electron chi connectivity index (χ4n) is 1.64. The third kappa shape index (κ3) is 3.69. The Balaban J connectivity index is 1.91. The lowest BCUT2D eigenvalue weighted by molar-refractivity contribution is -0.120. The first-order chi connectivity index (χ1) is 9.16. The Morgan fingerprint density at radius 2 is 2.16 bits per heavy atom. The van der Waals surface area contributed by atoms with Gasteiger partial charge in [0.1, 0.15) is 0 Å². The van der Waals surface area contributed by atoms with E-state index in [0.29, 0.717) is 11.4 Å². The lowest BCUT2D eigenvalue weighted by Gasteiger charge is -2.02. The maximum Gasteiger partial charge on any atom is 0.245 e. The molecule has 1 aromatic carbocycles. The van der Waals surface area contributed by atoms with Crippen LogP contribution >= 0.6 is 11.6 Å². The van der Waals surface area contributed by atoms with E-state index in [1.165, 1.54) is 6.21 Å². The molecule has 1 heterocycles. The number of hydrogen-bond donors (Lipinski definition) is 1. The molecule has 19 heavy (non-hydrogen) atoms. The number of carbonyl (C=O) groups excluding carboxylic acids is 1. The molecular formula is C14H14ClN3O. The standard InChI is InChI=1S/C14H14ClN3O/c1-18-8-4-6-12(18)9-14(19)17-16-10-11-5-2-3-7-13(11)15/h2-8,10H,9H2,1H3,(H,17,19)/b16-10+. The summed E-state index contributed by atoms with van der Waals surface area (Å²) in [6, 6.07) is 11.1. The van der Waals surface area contributed by atoms with Crippen LogP contribution in [0.2, 0.25) is 5.02 Å². The molecule has 0 unspecified atom stereocenters. The lowest BCUT2D eigenvalue weighted by Crippen LogP contribution is -2.20. The molecule has 98 valence electrons. The van der Waals surface area contributed by atoms with Crippen molar-refractivity contribution in [3.8, 4) is 0 Å². The van der Waals surface area contributed by atoms with Crippen LogP contribution in [0.15, 0.2) is 47.7 Å². The number of benzene rings is 1. The molecular weight excluding hydrogens is 262 g/mol. The molecule has 1 amide bonds. The second kappa shape index (κ2) is 6.20. The van der Waals surface area contributed by atoms with Crippen molar-refractivity contribution in [2.45, 2.75) is 6.42 Å². The van der Waals surface area contributed by atoms with Crippen LogP contribution in [0.1, 0.15) is 11.3 Å². The summed E-state index contributed by atoms with van der Waals surface area (Å²) in [4.78, 5) is 11.7. The van der Waals surface area contributed by atoms with Gasteiger partial charge in [-0.05, 0) is 18.2 Å². The molecule has 0 aliphatic carbocycles. The topological polar surface area (TPSA) is 46.4 Å². The minimum Gasteiger partial charge on any atom is -0.354 e. The average Bonchev–Trinajstić information content (AvgIpc) is 2.77. The van der Waals surface area contributed by atoms with Crippen molar-refractivity contribution in [1.29, 1.82) is 0 Å². The van der Waals surface area contributed by atoms with Gasteiger partial charge in [0, 0.05) is 29.5 Å². The first-order valence-electron chi connectivity index (χ1n) is 5.83. The summed E-state index contributed by atoms with van der Waals surface area (Å²) in [5, 5.41) is 4.49. The van der Waals surface area contributed by atoms with E-state index in [0.717, 1.165) is 11.3 Å². The third-order valence-corrected chi connectivity index (χ3v) is 3.04. The van der Waals surface area contributed by atoms with Gasteiger partial charge in [0.2, 0.25) is 5.91 Å². The van der Waals surface area contributed by atoms with Crippen molar-refractivity contribution >= 4 is 23.7 Å². The second-order valence-electron chi connectivity index (χ2n) is 4.10. The molecule has 0 saturated carbocycles. The molecule has 0 bridgehead atoms. The van der Waals surface area contributed by atoms with E-state index in [4.69, 9.17) is 11.6 Å². The summed E-state index contributed by atoms with van der Waals surface area (Å²) < 4.78 is 1.90. The summed E-state index contributed by atoms with van der Waals surface area (Å²) in [5.41, 5.74) is 4.18. The molecule has 0 fully saturated rings. The number of hydrogen-bond acceptors (Lipinski definition) is 2. The highest BCUT2D eigenvalue weighted by molar-refractivity contribution is 6.33. The average molecular weight is 276 g/mol. The van der Waals surface area contributed by atoms with Crippen LogP contribution in [0.25, 0.3) is 0 Å². The van der Waals surface area contributed by atoms with Gasteiger partial charge in [-0.25, -0.2) is 5.43 Å². The van der Waals surface area contributed by atoms with Crippen molar-refractivity contribution in [2.24, 2.45) is 12.1 Å². The van der Waals surface area contributed by atoms with Gasteiger partial charge in [-0.2, -0.15) is 5.10 Å². The number of hydrazone groups is 1. The summed E-state index contributed by atoms with van der Waals surface area (Å²) in [7, 11) is 1.90. The molecule has 1 aromatic heterocycles. The molecule has 0 saturated heterocycles. The van der Waals surface area contributed by atoms with Crippen LogP contribution in [0.4, 0.5) is 0 Å². The molecule has 2 aromatic rings. The molecule has 5 heteroatoms. The zero-order valence-electron chi connectivity index (χ0n) is 10.5. The zero-order valence-corrected chi connectivity index (χ0v) is 11.3. The number of nitrogens with zero attached hydrogens (tertiary/aromatic N) is 2. The van der Waals surface area contributed by atoms with Crippen molar-refractivity contribution in [3.05, 3.63) is 58.9 Å². The predicted molar refractivity (Wildman–Crippen MR) is 76.3 cm³/mol. The Hall–Kier alpha value is -2.07. The van der Waals surface area contributed by atoms with Gasteiger partial charge in [-0.3, -0.25) is 4.79 Å². The normalized spacial score (nSPS) is 10.8. The molecule has 0 aliphatic rings. The minimum absolute atomic E-state index is 0.162. The van der Waals surface area contributed by atoms with Crippen LogP contribution in [0.5, 0.6) is 0 Å². The van der Waals surface area contributed by atoms with E-state index in [2.05, 4.69) is 10.5 Å². The van der Waals surface area contributed by atoms with E-state index in [1.54, 1.807) is 6.07 Å². The highest BCUT2D eigenvalue weighted by Crippen LogP contribution is 2.12. The van der Waals surface area contributed by atoms with Gasteiger partial charge in [-0.15, -0.1) is 0 Å². The van der Waals surface area contributed by atoms with Crippen molar-refractivity contribution in [3.63, 3.8) is 0 Å². The number of amides is 1. The number of rotatable bonds is 4. The van der Waals surface area contributed by atoms with Crippen LogP contribution in [-0.4, -0.2) is 16.7 Å².